The van der Waals surface area contributed by atoms with Crippen LogP contribution in [-0.4, -0.2) is 12.1 Å². The number of nitrogens with one attached hydrogen (secondary N) is 1. The summed E-state index contributed by atoms with van der Waals surface area (Å²) in [4.78, 5) is 27.7. The highest BCUT2D eigenvalue weighted by atomic mass is 16.7. The molecule has 0 aliphatic heterocycles. The lowest BCUT2D eigenvalue weighted by atomic mass is 9.87. The molecular formula is C16H21NO4. The van der Waals surface area contributed by atoms with Crippen molar-refractivity contribution in [1.29, 1.82) is 0 Å². The number of benzene rings is 1. The minimum absolute atomic E-state index is 0.146. The normalized spacial score (nSPS) is 15.2. The molecule has 1 N–H and O–H groups in total. The third-order valence-electron chi connectivity index (χ3n) is 3.64. The van der Waals surface area contributed by atoms with Crippen LogP contribution in [0, 0.1) is 5.92 Å². The second-order valence-electron chi connectivity index (χ2n) is 5.35. The van der Waals surface area contributed by atoms with Crippen LogP contribution >= 0.6 is 0 Å². The molecule has 0 saturated heterocycles. The van der Waals surface area contributed by atoms with Gasteiger partial charge in [-0.3, -0.25) is 0 Å². The van der Waals surface area contributed by atoms with Gasteiger partial charge in [0.25, 0.3) is 0 Å². The number of carbonyl (C=O) groups is 2. The zero-order chi connectivity index (χ0) is 14.9. The summed E-state index contributed by atoms with van der Waals surface area (Å²) in [6, 6.07) is 9.31. The molecule has 21 heavy (non-hydrogen) atoms. The van der Waals surface area contributed by atoms with Crippen LogP contribution in [0.2, 0.25) is 0 Å². The first-order valence-corrected chi connectivity index (χ1v) is 7.40. The van der Waals surface area contributed by atoms with E-state index in [-0.39, 0.29) is 6.61 Å². The molecule has 1 saturated carbocycles. The molecule has 1 aromatic carbocycles. The fourth-order valence-electron chi connectivity index (χ4n) is 2.52. The molecule has 1 aliphatic rings. The summed E-state index contributed by atoms with van der Waals surface area (Å²) in [5, 5.41) is 0. The van der Waals surface area contributed by atoms with Crippen molar-refractivity contribution >= 4 is 12.1 Å². The monoisotopic (exact) mass is 291 g/mol. The highest BCUT2D eigenvalue weighted by Crippen LogP contribution is 2.26. The zero-order valence-corrected chi connectivity index (χ0v) is 12.0. The highest BCUT2D eigenvalue weighted by Gasteiger charge is 2.18. The van der Waals surface area contributed by atoms with E-state index in [1.54, 1.807) is 0 Å². The summed E-state index contributed by atoms with van der Waals surface area (Å²) in [6.07, 6.45) is 5.32. The molecule has 1 aromatic rings. The number of rotatable bonds is 4. The van der Waals surface area contributed by atoms with Gasteiger partial charge in [-0.25, -0.2) is 9.59 Å². The van der Waals surface area contributed by atoms with Crippen LogP contribution in [0.15, 0.2) is 30.3 Å². The van der Waals surface area contributed by atoms with Gasteiger partial charge < -0.3 is 9.57 Å². The van der Waals surface area contributed by atoms with E-state index >= 15 is 0 Å². The van der Waals surface area contributed by atoms with Crippen LogP contribution in [-0.2, 0) is 21.0 Å². The fourth-order valence-corrected chi connectivity index (χ4v) is 2.52. The Labute approximate surface area is 124 Å². The largest absolute Gasteiger partial charge is 0.443 e. The maximum Gasteiger partial charge on any atom is 0.441 e. The van der Waals surface area contributed by atoms with Gasteiger partial charge in [0.05, 0.1) is 6.42 Å². The predicted molar refractivity (Wildman–Crippen MR) is 77.0 cm³/mol. The van der Waals surface area contributed by atoms with E-state index in [1.807, 2.05) is 35.8 Å². The quantitative estimate of drug-likeness (QED) is 0.864. The van der Waals surface area contributed by atoms with E-state index in [4.69, 9.17) is 9.57 Å². The van der Waals surface area contributed by atoms with Gasteiger partial charge in [0, 0.05) is 0 Å². The molecular weight excluding hydrogens is 270 g/mol. The van der Waals surface area contributed by atoms with Crippen molar-refractivity contribution < 1.29 is 19.2 Å². The van der Waals surface area contributed by atoms with Gasteiger partial charge in [-0.2, -0.15) is 0 Å². The van der Waals surface area contributed by atoms with Crippen molar-refractivity contribution in [3.05, 3.63) is 35.9 Å². The van der Waals surface area contributed by atoms with Crippen LogP contribution in [0.4, 0.5) is 4.79 Å². The Morgan fingerprint density at radius 2 is 1.81 bits per heavy atom. The number of amides is 1. The van der Waals surface area contributed by atoms with E-state index < -0.39 is 12.1 Å². The SMILES string of the molecule is O=C(CC1CCCCC1)ONC(=O)OCc1ccccc1. The predicted octanol–water partition coefficient (Wildman–Crippen LogP) is 3.34. The molecule has 0 radical (unpaired) electrons. The Morgan fingerprint density at radius 3 is 2.52 bits per heavy atom. The maximum absolute atomic E-state index is 11.6. The molecule has 2 rings (SSSR count). The van der Waals surface area contributed by atoms with Crippen LogP contribution in [0.1, 0.15) is 44.1 Å². The fraction of sp³-hybridized carbons (Fsp3) is 0.500. The van der Waals surface area contributed by atoms with Crippen molar-refractivity contribution in [2.75, 3.05) is 0 Å². The maximum atomic E-state index is 11.6. The van der Waals surface area contributed by atoms with E-state index in [9.17, 15) is 9.59 Å². The number of ether oxygens (including phenoxy) is 1. The molecule has 5 nitrogen and oxygen atoms in total. The Bertz CT molecular complexity index is 455. The third kappa shape index (κ3) is 5.85. The Hall–Kier alpha value is -2.04. The van der Waals surface area contributed by atoms with Gasteiger partial charge in [0.2, 0.25) is 0 Å². The third-order valence-corrected chi connectivity index (χ3v) is 3.64. The number of carbonyl (C=O) groups excluding carboxylic acids is 2. The van der Waals surface area contributed by atoms with Crippen molar-refractivity contribution in [3.8, 4) is 0 Å². The number of hydrogen-bond acceptors (Lipinski definition) is 4. The van der Waals surface area contributed by atoms with Crippen molar-refractivity contribution in [3.63, 3.8) is 0 Å². The minimum Gasteiger partial charge on any atom is -0.443 e. The van der Waals surface area contributed by atoms with Gasteiger partial charge in [0.1, 0.15) is 6.61 Å². The minimum atomic E-state index is -0.754. The van der Waals surface area contributed by atoms with E-state index in [0.717, 1.165) is 18.4 Å². The van der Waals surface area contributed by atoms with E-state index in [1.165, 1.54) is 19.3 Å². The summed E-state index contributed by atoms with van der Waals surface area (Å²) in [5.74, 6) is -0.0213. The number of hydrogen-bond donors (Lipinski definition) is 1. The Balaban J connectivity index is 1.60. The van der Waals surface area contributed by atoms with Gasteiger partial charge in [-0.05, 0) is 24.3 Å². The summed E-state index contributed by atoms with van der Waals surface area (Å²) >= 11 is 0. The van der Waals surface area contributed by atoms with Gasteiger partial charge in [-0.1, -0.05) is 49.6 Å². The second-order valence-corrected chi connectivity index (χ2v) is 5.35. The smallest absolute Gasteiger partial charge is 0.441 e. The van der Waals surface area contributed by atoms with Crippen LogP contribution in [0.5, 0.6) is 0 Å². The second kappa shape index (κ2) is 8.29. The molecule has 5 heteroatoms. The van der Waals surface area contributed by atoms with Crippen LogP contribution in [0.3, 0.4) is 0 Å². The van der Waals surface area contributed by atoms with Gasteiger partial charge in [-0.15, -0.1) is 5.48 Å². The summed E-state index contributed by atoms with van der Waals surface area (Å²) in [5.41, 5.74) is 2.91. The first-order chi connectivity index (χ1) is 10.2. The average molecular weight is 291 g/mol. The highest BCUT2D eigenvalue weighted by molar-refractivity contribution is 5.73. The van der Waals surface area contributed by atoms with Crippen LogP contribution in [0.25, 0.3) is 0 Å². The lowest BCUT2D eigenvalue weighted by Crippen LogP contribution is -2.28. The molecule has 0 bridgehead atoms. The molecule has 114 valence electrons. The van der Waals surface area contributed by atoms with Crippen molar-refractivity contribution in [2.24, 2.45) is 5.92 Å². The first kappa shape index (κ1) is 15.4. The van der Waals surface area contributed by atoms with E-state index in [0.29, 0.717) is 12.3 Å². The topological polar surface area (TPSA) is 64.6 Å². The zero-order valence-electron chi connectivity index (χ0n) is 12.0. The summed E-state index contributed by atoms with van der Waals surface area (Å²) in [7, 11) is 0. The molecule has 0 heterocycles. The molecule has 0 atom stereocenters. The lowest BCUT2D eigenvalue weighted by molar-refractivity contribution is -0.151. The van der Waals surface area contributed by atoms with Gasteiger partial charge >= 0.3 is 12.1 Å². The average Bonchev–Trinajstić information content (AvgIpc) is 2.53. The summed E-state index contributed by atoms with van der Waals surface area (Å²) in [6.45, 7) is 0.146. The molecule has 1 fully saturated rings. The molecule has 0 unspecified atom stereocenters. The Kier molecular flexibility index (Phi) is 6.06. The number of hydroxylamine groups is 1. The molecule has 0 spiro atoms. The summed E-state index contributed by atoms with van der Waals surface area (Å²) < 4.78 is 4.94. The molecule has 1 amide bonds. The standard InChI is InChI=1S/C16H21NO4/c18-15(11-13-7-3-1-4-8-13)21-17-16(19)20-12-14-9-5-2-6-10-14/h2,5-6,9-10,13H,1,3-4,7-8,11-12H2,(H,17,19). The van der Waals surface area contributed by atoms with Gasteiger partial charge in [0.15, 0.2) is 0 Å². The van der Waals surface area contributed by atoms with Crippen molar-refractivity contribution in [1.82, 2.24) is 5.48 Å². The molecule has 1 aliphatic carbocycles. The lowest BCUT2D eigenvalue weighted by Gasteiger charge is -2.20. The van der Waals surface area contributed by atoms with Crippen LogP contribution < -0.4 is 5.48 Å². The van der Waals surface area contributed by atoms with E-state index in [2.05, 4.69) is 0 Å². The molecule has 0 aromatic heterocycles. The first-order valence-electron chi connectivity index (χ1n) is 7.40. The Morgan fingerprint density at radius 1 is 1.10 bits per heavy atom. The van der Waals surface area contributed by atoms with Crippen molar-refractivity contribution in [2.45, 2.75) is 45.1 Å².